The van der Waals surface area contributed by atoms with Gasteiger partial charge in [-0.1, -0.05) is 19.9 Å². The van der Waals surface area contributed by atoms with Crippen molar-refractivity contribution in [3.05, 3.63) is 24.3 Å². The van der Waals surface area contributed by atoms with Gasteiger partial charge in [0.25, 0.3) is 0 Å². The third kappa shape index (κ3) is 8.51. The Hall–Kier alpha value is -1.76. The van der Waals surface area contributed by atoms with E-state index in [9.17, 15) is 18.0 Å². The van der Waals surface area contributed by atoms with Gasteiger partial charge < -0.3 is 14.8 Å². The molecule has 0 unspecified atom stereocenters. The lowest BCUT2D eigenvalue weighted by Crippen LogP contribution is -2.23. The van der Waals surface area contributed by atoms with Gasteiger partial charge in [0.15, 0.2) is 0 Å². The number of hydrogen-bond donors (Lipinski definition) is 1. The van der Waals surface area contributed by atoms with Crippen LogP contribution in [0.15, 0.2) is 24.3 Å². The Kier molecular flexibility index (Phi) is 7.17. The van der Waals surface area contributed by atoms with E-state index in [1.165, 1.54) is 0 Å². The van der Waals surface area contributed by atoms with Crippen molar-refractivity contribution in [3.8, 4) is 5.75 Å². The lowest BCUT2D eigenvalue weighted by atomic mass is 10.1. The minimum atomic E-state index is -4.44. The van der Waals surface area contributed by atoms with Crippen molar-refractivity contribution in [1.29, 1.82) is 0 Å². The fraction of sp³-hybridized carbons (Fsp3) is 0.533. The monoisotopic (exact) mass is 319 g/mol. The second-order valence-electron chi connectivity index (χ2n) is 5.21. The van der Waals surface area contributed by atoms with Crippen LogP contribution in [0, 0.1) is 5.92 Å². The van der Waals surface area contributed by atoms with Crippen LogP contribution in [0.1, 0.15) is 20.3 Å². The van der Waals surface area contributed by atoms with Crippen LogP contribution in [0.5, 0.6) is 5.75 Å². The molecule has 1 aromatic rings. The van der Waals surface area contributed by atoms with E-state index in [1.807, 2.05) is 0 Å². The van der Waals surface area contributed by atoms with Crippen LogP contribution in [0.4, 0.5) is 18.9 Å². The first kappa shape index (κ1) is 18.3. The second kappa shape index (κ2) is 8.63. The maximum atomic E-state index is 11.9. The standard InChI is InChI=1S/C15H20F3NO3/c1-11(2)6-7-22-13-5-3-4-12(8-13)19-14(20)9-21-10-15(16,17)18/h3-5,8,11H,6-7,9-10H2,1-2H3,(H,19,20). The van der Waals surface area contributed by atoms with Gasteiger partial charge in [-0.05, 0) is 24.5 Å². The Labute approximate surface area is 127 Å². The molecule has 0 spiro atoms. The van der Waals surface area contributed by atoms with Gasteiger partial charge in [-0.2, -0.15) is 13.2 Å². The molecule has 124 valence electrons. The second-order valence-corrected chi connectivity index (χ2v) is 5.21. The zero-order valence-electron chi connectivity index (χ0n) is 12.6. The molecular formula is C15H20F3NO3. The number of amides is 1. The van der Waals surface area contributed by atoms with Gasteiger partial charge in [-0.15, -0.1) is 0 Å². The number of anilines is 1. The number of rotatable bonds is 8. The van der Waals surface area contributed by atoms with Crippen molar-refractivity contribution in [3.63, 3.8) is 0 Å². The number of carbonyl (C=O) groups excluding carboxylic acids is 1. The van der Waals surface area contributed by atoms with Crippen LogP contribution in [-0.4, -0.2) is 31.9 Å². The third-order valence-electron chi connectivity index (χ3n) is 2.58. The summed E-state index contributed by atoms with van der Waals surface area (Å²) in [4.78, 5) is 11.5. The Morgan fingerprint density at radius 3 is 2.68 bits per heavy atom. The largest absolute Gasteiger partial charge is 0.494 e. The van der Waals surface area contributed by atoms with Crippen LogP contribution < -0.4 is 10.1 Å². The smallest absolute Gasteiger partial charge is 0.411 e. The molecular weight excluding hydrogens is 299 g/mol. The van der Waals surface area contributed by atoms with Crippen LogP contribution in [0.25, 0.3) is 0 Å². The zero-order chi connectivity index (χ0) is 16.6. The van der Waals surface area contributed by atoms with Gasteiger partial charge in [0.1, 0.15) is 19.0 Å². The van der Waals surface area contributed by atoms with Crippen LogP contribution in [-0.2, 0) is 9.53 Å². The first-order valence-corrected chi connectivity index (χ1v) is 6.93. The highest BCUT2D eigenvalue weighted by molar-refractivity contribution is 5.91. The summed E-state index contributed by atoms with van der Waals surface area (Å²) in [5.74, 6) is 0.465. The van der Waals surface area contributed by atoms with E-state index in [2.05, 4.69) is 23.9 Å². The van der Waals surface area contributed by atoms with Gasteiger partial charge in [0.05, 0.1) is 6.61 Å². The molecule has 7 heteroatoms. The number of carbonyl (C=O) groups is 1. The molecule has 22 heavy (non-hydrogen) atoms. The Morgan fingerprint density at radius 2 is 2.05 bits per heavy atom. The zero-order valence-corrected chi connectivity index (χ0v) is 12.6. The lowest BCUT2D eigenvalue weighted by molar-refractivity contribution is -0.174. The molecule has 0 aromatic heterocycles. The van der Waals surface area contributed by atoms with Gasteiger partial charge >= 0.3 is 6.18 Å². The maximum Gasteiger partial charge on any atom is 0.411 e. The lowest BCUT2D eigenvalue weighted by Gasteiger charge is -2.11. The van der Waals surface area contributed by atoms with Gasteiger partial charge in [0.2, 0.25) is 5.91 Å². The van der Waals surface area contributed by atoms with Gasteiger partial charge in [0, 0.05) is 11.8 Å². The molecule has 0 aliphatic carbocycles. The van der Waals surface area contributed by atoms with E-state index < -0.39 is 25.3 Å². The Balaban J connectivity index is 2.40. The quantitative estimate of drug-likeness (QED) is 0.796. The molecule has 0 saturated heterocycles. The van der Waals surface area contributed by atoms with E-state index in [0.29, 0.717) is 24.0 Å². The van der Waals surface area contributed by atoms with Crippen molar-refractivity contribution < 1.29 is 27.4 Å². The summed E-state index contributed by atoms with van der Waals surface area (Å²) in [7, 11) is 0. The number of ether oxygens (including phenoxy) is 2. The maximum absolute atomic E-state index is 11.9. The summed E-state index contributed by atoms with van der Waals surface area (Å²) in [6.07, 6.45) is -3.54. The number of hydrogen-bond acceptors (Lipinski definition) is 3. The minimum Gasteiger partial charge on any atom is -0.494 e. The van der Waals surface area contributed by atoms with Crippen molar-refractivity contribution in [2.45, 2.75) is 26.4 Å². The summed E-state index contributed by atoms with van der Waals surface area (Å²) in [5, 5.41) is 2.46. The number of halogens is 3. The first-order chi connectivity index (χ1) is 10.3. The minimum absolute atomic E-state index is 0.447. The summed E-state index contributed by atoms with van der Waals surface area (Å²) in [6.45, 7) is 2.63. The predicted molar refractivity (Wildman–Crippen MR) is 76.9 cm³/mol. The van der Waals surface area contributed by atoms with E-state index in [0.717, 1.165) is 6.42 Å². The van der Waals surface area contributed by atoms with Gasteiger partial charge in [-0.25, -0.2) is 0 Å². The highest BCUT2D eigenvalue weighted by atomic mass is 19.4. The molecule has 1 aromatic carbocycles. The predicted octanol–water partition coefficient (Wildman–Crippen LogP) is 3.63. The van der Waals surface area contributed by atoms with Crippen LogP contribution in [0.3, 0.4) is 0 Å². The van der Waals surface area contributed by atoms with Crippen molar-refractivity contribution in [2.75, 3.05) is 25.1 Å². The molecule has 1 amide bonds. The first-order valence-electron chi connectivity index (χ1n) is 6.93. The van der Waals surface area contributed by atoms with Crippen molar-refractivity contribution in [2.24, 2.45) is 5.92 Å². The molecule has 0 saturated carbocycles. The van der Waals surface area contributed by atoms with Crippen LogP contribution in [0.2, 0.25) is 0 Å². The average Bonchev–Trinajstić information content (AvgIpc) is 2.37. The average molecular weight is 319 g/mol. The molecule has 0 aliphatic heterocycles. The number of alkyl halides is 3. The van der Waals surface area contributed by atoms with Gasteiger partial charge in [-0.3, -0.25) is 4.79 Å². The Bertz CT molecular complexity index is 475. The van der Waals surface area contributed by atoms with E-state index in [4.69, 9.17) is 4.74 Å². The molecule has 0 radical (unpaired) electrons. The third-order valence-corrected chi connectivity index (χ3v) is 2.58. The van der Waals surface area contributed by atoms with E-state index in [-0.39, 0.29) is 0 Å². The van der Waals surface area contributed by atoms with E-state index >= 15 is 0 Å². The van der Waals surface area contributed by atoms with Crippen molar-refractivity contribution in [1.82, 2.24) is 0 Å². The van der Waals surface area contributed by atoms with Crippen LogP contribution >= 0.6 is 0 Å². The molecule has 0 aliphatic rings. The summed E-state index contributed by atoms with van der Waals surface area (Å²) >= 11 is 0. The fourth-order valence-corrected chi connectivity index (χ4v) is 1.53. The molecule has 0 atom stereocenters. The highest BCUT2D eigenvalue weighted by Gasteiger charge is 2.27. The fourth-order valence-electron chi connectivity index (χ4n) is 1.53. The molecule has 1 N–H and O–H groups in total. The number of benzene rings is 1. The molecule has 0 bridgehead atoms. The Morgan fingerprint density at radius 1 is 1.32 bits per heavy atom. The molecule has 4 nitrogen and oxygen atoms in total. The van der Waals surface area contributed by atoms with E-state index in [1.54, 1.807) is 24.3 Å². The molecule has 1 rings (SSSR count). The topological polar surface area (TPSA) is 47.6 Å². The summed E-state index contributed by atoms with van der Waals surface area (Å²) in [5.41, 5.74) is 0.447. The molecule has 0 fully saturated rings. The molecule has 0 heterocycles. The summed E-state index contributed by atoms with van der Waals surface area (Å²) < 4.78 is 45.5. The number of nitrogens with one attached hydrogen (secondary N) is 1. The highest BCUT2D eigenvalue weighted by Crippen LogP contribution is 2.18. The SMILES string of the molecule is CC(C)CCOc1cccc(NC(=O)COCC(F)(F)F)c1. The summed E-state index contributed by atoms with van der Waals surface area (Å²) in [6, 6.07) is 6.67. The normalized spacial score (nSPS) is 11.5. The van der Waals surface area contributed by atoms with Crippen molar-refractivity contribution >= 4 is 11.6 Å².